The van der Waals surface area contributed by atoms with Gasteiger partial charge in [-0.3, -0.25) is 4.79 Å². The molecule has 9 nitrogen and oxygen atoms in total. The van der Waals surface area contributed by atoms with E-state index in [0.717, 1.165) is 0 Å². The Morgan fingerprint density at radius 2 is 1.94 bits per heavy atom. The summed E-state index contributed by atoms with van der Waals surface area (Å²) in [7, 11) is 0. The van der Waals surface area contributed by atoms with Crippen molar-refractivity contribution in [2.45, 2.75) is 20.1 Å². The number of rotatable bonds is 6. The number of benzene rings is 1. The third-order valence-electron chi connectivity index (χ3n) is 4.62. The number of hydrogen-bond donors (Lipinski definition) is 3. The molecule has 0 unspecified atom stereocenters. The van der Waals surface area contributed by atoms with Crippen LogP contribution in [0.3, 0.4) is 0 Å². The van der Waals surface area contributed by atoms with Gasteiger partial charge < -0.3 is 24.9 Å². The molecule has 0 amide bonds. The Bertz CT molecular complexity index is 1070. The number of carboxylic acid groups (broad SMARTS) is 1. The second kappa shape index (κ2) is 8.40. The summed E-state index contributed by atoms with van der Waals surface area (Å²) in [4.78, 5) is 27.1. The first-order valence-electron chi connectivity index (χ1n) is 9.69. The minimum absolute atomic E-state index is 0.0942. The Kier molecular flexibility index (Phi) is 5.66. The zero-order valence-electron chi connectivity index (χ0n) is 17.1. The summed E-state index contributed by atoms with van der Waals surface area (Å²) < 4.78 is 25.1. The van der Waals surface area contributed by atoms with E-state index in [4.69, 9.17) is 14.6 Å². The average Bonchev–Trinajstić information content (AvgIpc) is 3.18. The number of ether oxygens (including phenoxy) is 2. The van der Waals surface area contributed by atoms with Crippen LogP contribution in [0.15, 0.2) is 36.5 Å². The molecule has 1 aliphatic heterocycles. The number of carbonyl (C=O) groups is 1. The van der Waals surface area contributed by atoms with Gasteiger partial charge in [-0.1, -0.05) is 13.8 Å². The smallest absolute Gasteiger partial charge is 0.322 e. The van der Waals surface area contributed by atoms with E-state index >= 15 is 0 Å². The number of aromatic nitrogens is 4. The van der Waals surface area contributed by atoms with Crippen LogP contribution in [-0.4, -0.2) is 50.8 Å². The second-order valence-electron chi connectivity index (χ2n) is 7.98. The van der Waals surface area contributed by atoms with Crippen molar-refractivity contribution in [3.63, 3.8) is 0 Å². The molecule has 0 aliphatic carbocycles. The third kappa shape index (κ3) is 4.86. The van der Waals surface area contributed by atoms with Crippen molar-refractivity contribution < 1.29 is 23.8 Å². The van der Waals surface area contributed by atoms with E-state index in [9.17, 15) is 9.18 Å². The van der Waals surface area contributed by atoms with Crippen LogP contribution in [0.5, 0.6) is 0 Å². The lowest BCUT2D eigenvalue weighted by atomic mass is 9.96. The summed E-state index contributed by atoms with van der Waals surface area (Å²) in [5.74, 6) is -0.764. The lowest BCUT2D eigenvalue weighted by Crippen LogP contribution is -2.34. The van der Waals surface area contributed by atoms with Gasteiger partial charge in [0.25, 0.3) is 0 Å². The minimum Gasteiger partial charge on any atom is -0.480 e. The lowest BCUT2D eigenvalue weighted by Gasteiger charge is -2.33. The number of carboxylic acids is 1. The molecule has 0 spiro atoms. The molecule has 1 saturated heterocycles. The van der Waals surface area contributed by atoms with Crippen molar-refractivity contribution in [2.24, 2.45) is 5.41 Å². The van der Waals surface area contributed by atoms with E-state index in [1.54, 1.807) is 18.2 Å². The summed E-state index contributed by atoms with van der Waals surface area (Å²) in [6.45, 7) is 4.80. The first-order valence-corrected chi connectivity index (χ1v) is 9.69. The molecule has 0 radical (unpaired) electrons. The highest BCUT2D eigenvalue weighted by atomic mass is 19.1. The van der Waals surface area contributed by atoms with Crippen molar-refractivity contribution in [1.29, 1.82) is 0 Å². The molecule has 4 rings (SSSR count). The van der Waals surface area contributed by atoms with Crippen LogP contribution in [0, 0.1) is 11.2 Å². The molecule has 31 heavy (non-hydrogen) atoms. The number of nitrogens with one attached hydrogen (secondary N) is 2. The molecule has 2 aromatic heterocycles. The number of nitrogens with zero attached hydrogens (tertiary/aromatic N) is 3. The van der Waals surface area contributed by atoms with Crippen molar-refractivity contribution in [2.75, 3.05) is 25.1 Å². The number of halogens is 1. The molecule has 1 aliphatic rings. The standard InChI is InChI=1S/C21H22FN5O4/c1-21(2)10-30-19(31-11-21)18-26-16(12-3-5-13(22)6-4-12)17(27-18)14-7-8-23-20(25-14)24-9-15(28)29/h3-8,19H,9-11H2,1-2H3,(H,26,27)(H,28,29)(H,23,24,25). The summed E-state index contributed by atoms with van der Waals surface area (Å²) in [5.41, 5.74) is 2.16. The number of anilines is 1. The fourth-order valence-electron chi connectivity index (χ4n) is 3.09. The number of hydrogen-bond acceptors (Lipinski definition) is 7. The maximum absolute atomic E-state index is 13.5. The number of aromatic amines is 1. The molecule has 3 heterocycles. The van der Waals surface area contributed by atoms with Gasteiger partial charge in [0.05, 0.1) is 30.3 Å². The van der Waals surface area contributed by atoms with Crippen LogP contribution >= 0.6 is 0 Å². The zero-order chi connectivity index (χ0) is 22.0. The van der Waals surface area contributed by atoms with E-state index in [1.807, 2.05) is 13.8 Å². The quantitative estimate of drug-likeness (QED) is 0.548. The summed E-state index contributed by atoms with van der Waals surface area (Å²) in [5, 5.41) is 11.5. The highest BCUT2D eigenvalue weighted by molar-refractivity contribution is 5.77. The molecular weight excluding hydrogens is 405 g/mol. The Hall–Kier alpha value is -3.37. The van der Waals surface area contributed by atoms with Gasteiger partial charge in [-0.25, -0.2) is 19.3 Å². The lowest BCUT2D eigenvalue weighted by molar-refractivity contribution is -0.229. The first kappa shape index (κ1) is 20.9. The van der Waals surface area contributed by atoms with Gasteiger partial charge in [-0.15, -0.1) is 0 Å². The van der Waals surface area contributed by atoms with E-state index in [2.05, 4.69) is 25.3 Å². The van der Waals surface area contributed by atoms with E-state index in [-0.39, 0.29) is 23.7 Å². The summed E-state index contributed by atoms with van der Waals surface area (Å²) in [6.07, 6.45) is 0.838. The molecule has 0 bridgehead atoms. The highest BCUT2D eigenvalue weighted by Gasteiger charge is 2.32. The fraction of sp³-hybridized carbons (Fsp3) is 0.333. The summed E-state index contributed by atoms with van der Waals surface area (Å²) in [6, 6.07) is 7.61. The van der Waals surface area contributed by atoms with Gasteiger partial charge in [0.2, 0.25) is 12.2 Å². The van der Waals surface area contributed by atoms with Gasteiger partial charge in [-0.2, -0.15) is 0 Å². The van der Waals surface area contributed by atoms with Crippen LogP contribution < -0.4 is 5.32 Å². The monoisotopic (exact) mass is 427 g/mol. The van der Waals surface area contributed by atoms with Gasteiger partial charge in [0.1, 0.15) is 12.4 Å². The Morgan fingerprint density at radius 1 is 1.23 bits per heavy atom. The molecule has 1 aromatic carbocycles. The Morgan fingerprint density at radius 3 is 2.61 bits per heavy atom. The fourth-order valence-corrected chi connectivity index (χ4v) is 3.09. The molecular formula is C21H22FN5O4. The van der Waals surface area contributed by atoms with Gasteiger partial charge in [-0.05, 0) is 30.3 Å². The third-order valence-corrected chi connectivity index (χ3v) is 4.62. The van der Waals surface area contributed by atoms with Crippen LogP contribution in [0.1, 0.15) is 26.0 Å². The summed E-state index contributed by atoms with van der Waals surface area (Å²) >= 11 is 0. The molecule has 10 heteroatoms. The van der Waals surface area contributed by atoms with E-state index < -0.39 is 12.3 Å². The Balaban J connectivity index is 1.72. The Labute approximate surface area is 177 Å². The largest absolute Gasteiger partial charge is 0.480 e. The van der Waals surface area contributed by atoms with Crippen LogP contribution in [0.4, 0.5) is 10.3 Å². The van der Waals surface area contributed by atoms with Crippen LogP contribution in [-0.2, 0) is 14.3 Å². The molecule has 162 valence electrons. The van der Waals surface area contributed by atoms with E-state index in [1.165, 1.54) is 18.3 Å². The SMILES string of the molecule is CC1(C)COC(c2nc(-c3ccc(F)cc3)c(-c3ccnc(NCC(=O)O)n3)[nH]2)OC1. The van der Waals surface area contributed by atoms with Crippen molar-refractivity contribution >= 4 is 11.9 Å². The number of H-pyrrole nitrogens is 1. The predicted molar refractivity (Wildman–Crippen MR) is 110 cm³/mol. The average molecular weight is 427 g/mol. The topological polar surface area (TPSA) is 122 Å². The van der Waals surface area contributed by atoms with Gasteiger partial charge in [0, 0.05) is 17.2 Å². The second-order valence-corrected chi connectivity index (χ2v) is 7.98. The van der Waals surface area contributed by atoms with Crippen LogP contribution in [0.2, 0.25) is 0 Å². The van der Waals surface area contributed by atoms with Crippen molar-refractivity contribution in [3.8, 4) is 22.6 Å². The van der Waals surface area contributed by atoms with Gasteiger partial charge in [0.15, 0.2) is 5.82 Å². The first-order chi connectivity index (χ1) is 14.8. The number of imidazole rings is 1. The van der Waals surface area contributed by atoms with Crippen molar-refractivity contribution in [3.05, 3.63) is 48.2 Å². The molecule has 3 N–H and O–H groups in total. The van der Waals surface area contributed by atoms with Crippen LogP contribution in [0.25, 0.3) is 22.6 Å². The van der Waals surface area contributed by atoms with Crippen molar-refractivity contribution in [1.82, 2.24) is 19.9 Å². The van der Waals surface area contributed by atoms with Gasteiger partial charge >= 0.3 is 5.97 Å². The maximum atomic E-state index is 13.5. The highest BCUT2D eigenvalue weighted by Crippen LogP contribution is 2.35. The maximum Gasteiger partial charge on any atom is 0.322 e. The molecule has 1 fully saturated rings. The number of aliphatic carboxylic acids is 1. The zero-order valence-corrected chi connectivity index (χ0v) is 17.1. The molecule has 0 saturated carbocycles. The molecule has 3 aromatic rings. The normalized spacial score (nSPS) is 16.2. The minimum atomic E-state index is -1.03. The molecule has 0 atom stereocenters. The predicted octanol–water partition coefficient (Wildman–Crippen LogP) is 3.24. The van der Waals surface area contributed by atoms with E-state index in [0.29, 0.717) is 41.7 Å².